The Balaban J connectivity index is 2.18. The average Bonchev–Trinajstić information content (AvgIpc) is 2.04. The third kappa shape index (κ3) is 4.24. The summed E-state index contributed by atoms with van der Waals surface area (Å²) in [7, 11) is 0. The fourth-order valence-electron chi connectivity index (χ4n) is 1.39. The topological polar surface area (TPSA) is 55.2 Å². The van der Waals surface area contributed by atoms with Crippen LogP contribution in [0.15, 0.2) is 0 Å². The van der Waals surface area contributed by atoms with Gasteiger partial charge in [-0.1, -0.05) is 0 Å². The van der Waals surface area contributed by atoms with Crippen molar-refractivity contribution in [1.29, 1.82) is 0 Å². The molecule has 1 aliphatic heterocycles. The molecule has 1 aliphatic rings. The lowest BCUT2D eigenvalue weighted by Gasteiger charge is -2.22. The molecule has 0 bridgehead atoms. The monoisotopic (exact) mass is 184 g/mol. The van der Waals surface area contributed by atoms with Gasteiger partial charge in [-0.05, 0) is 13.8 Å². The lowest BCUT2D eigenvalue weighted by molar-refractivity contribution is -0.122. The van der Waals surface area contributed by atoms with Gasteiger partial charge in [-0.25, -0.2) is 5.32 Å². The van der Waals surface area contributed by atoms with Crippen molar-refractivity contribution in [2.45, 2.75) is 32.4 Å². The summed E-state index contributed by atoms with van der Waals surface area (Å²) in [6.07, 6.45) is 0.519. The van der Waals surface area contributed by atoms with E-state index in [0.717, 1.165) is 19.6 Å². The Morgan fingerprint density at radius 1 is 1.69 bits per heavy atom. The first-order chi connectivity index (χ1) is 6.18. The van der Waals surface area contributed by atoms with Gasteiger partial charge in [0.05, 0.1) is 0 Å². The number of nitrogens with one attached hydrogen (secondary N) is 2. The van der Waals surface area contributed by atoms with Gasteiger partial charge in [0, 0.05) is 38.1 Å². The van der Waals surface area contributed by atoms with Gasteiger partial charge >= 0.3 is 0 Å². The molecule has 75 valence electrons. The second-order valence-electron chi connectivity index (χ2n) is 3.69. The molecule has 1 heterocycles. The fraction of sp³-hybridized carbons (Fsp3) is 0.889. The highest BCUT2D eigenvalue weighted by Gasteiger charge is 2.17. The molecule has 1 unspecified atom stereocenters. The third-order valence-corrected chi connectivity index (χ3v) is 1.93. The number of amides is 1. The number of rotatable bonds is 3. The molecule has 1 amide bonds. The van der Waals surface area contributed by atoms with Crippen molar-refractivity contribution in [3.8, 4) is 0 Å². The van der Waals surface area contributed by atoms with E-state index in [2.05, 4.69) is 16.0 Å². The van der Waals surface area contributed by atoms with Crippen LogP contribution in [0.2, 0.25) is 0 Å². The fourth-order valence-corrected chi connectivity index (χ4v) is 1.39. The van der Waals surface area contributed by atoms with Crippen molar-refractivity contribution in [3.05, 3.63) is 0 Å². The number of carbonyl (C=O) groups is 1. The second kappa shape index (κ2) is 5.19. The van der Waals surface area contributed by atoms with Gasteiger partial charge in [0.2, 0.25) is 5.91 Å². The molecular formula is C9H18N3O. The Bertz CT molecular complexity index is 164. The second-order valence-corrected chi connectivity index (χ2v) is 3.69. The van der Waals surface area contributed by atoms with E-state index < -0.39 is 0 Å². The van der Waals surface area contributed by atoms with Crippen molar-refractivity contribution in [1.82, 2.24) is 16.0 Å². The Kier molecular flexibility index (Phi) is 4.18. The molecular weight excluding hydrogens is 166 g/mol. The summed E-state index contributed by atoms with van der Waals surface area (Å²) in [4.78, 5) is 11.3. The molecule has 1 atom stereocenters. The molecule has 13 heavy (non-hydrogen) atoms. The summed E-state index contributed by atoms with van der Waals surface area (Å²) in [6.45, 7) is 6.55. The zero-order chi connectivity index (χ0) is 9.68. The maximum absolute atomic E-state index is 11.3. The highest BCUT2D eigenvalue weighted by molar-refractivity contribution is 5.76. The van der Waals surface area contributed by atoms with Gasteiger partial charge in [-0.15, -0.1) is 0 Å². The summed E-state index contributed by atoms with van der Waals surface area (Å²) in [5.41, 5.74) is 0. The maximum atomic E-state index is 11.3. The minimum absolute atomic E-state index is 0.104. The smallest absolute Gasteiger partial charge is 0.221 e. The van der Waals surface area contributed by atoms with Gasteiger partial charge in [0.25, 0.3) is 0 Å². The van der Waals surface area contributed by atoms with E-state index in [1.165, 1.54) is 0 Å². The SMILES string of the molecule is CC(C)NC(=O)CC1CNCC[N]1. The van der Waals surface area contributed by atoms with Crippen molar-refractivity contribution in [3.63, 3.8) is 0 Å². The molecule has 0 spiro atoms. The van der Waals surface area contributed by atoms with Crippen LogP contribution in [0.5, 0.6) is 0 Å². The minimum atomic E-state index is 0.104. The lowest BCUT2D eigenvalue weighted by Crippen LogP contribution is -2.46. The van der Waals surface area contributed by atoms with Crippen LogP contribution in [0.3, 0.4) is 0 Å². The van der Waals surface area contributed by atoms with Crippen LogP contribution in [0.1, 0.15) is 20.3 Å². The highest BCUT2D eigenvalue weighted by atomic mass is 16.1. The van der Waals surface area contributed by atoms with Crippen LogP contribution < -0.4 is 16.0 Å². The standard InChI is InChI=1S/C9H18N3O/c1-7(2)12-9(13)5-8-6-10-3-4-11-8/h7-8,10H,3-6H2,1-2H3,(H,12,13). The van der Waals surface area contributed by atoms with E-state index in [0.29, 0.717) is 6.42 Å². The summed E-state index contributed by atoms with van der Waals surface area (Å²) < 4.78 is 0. The number of piperazine rings is 1. The molecule has 0 aromatic rings. The van der Waals surface area contributed by atoms with Crippen LogP contribution in [-0.2, 0) is 4.79 Å². The maximum Gasteiger partial charge on any atom is 0.221 e. The highest BCUT2D eigenvalue weighted by Crippen LogP contribution is 1.96. The predicted molar refractivity (Wildman–Crippen MR) is 51.6 cm³/mol. The lowest BCUT2D eigenvalue weighted by atomic mass is 10.1. The normalized spacial score (nSPS) is 23.2. The molecule has 0 saturated carbocycles. The summed E-state index contributed by atoms with van der Waals surface area (Å²) in [5, 5.41) is 10.4. The molecule has 1 radical (unpaired) electrons. The molecule has 2 N–H and O–H groups in total. The number of hydrogen-bond donors (Lipinski definition) is 2. The van der Waals surface area contributed by atoms with E-state index in [9.17, 15) is 4.79 Å². The first-order valence-corrected chi connectivity index (χ1v) is 4.85. The van der Waals surface area contributed by atoms with Gasteiger partial charge in [-0.2, -0.15) is 0 Å². The van der Waals surface area contributed by atoms with Gasteiger partial charge < -0.3 is 10.6 Å². The first kappa shape index (κ1) is 10.5. The van der Waals surface area contributed by atoms with E-state index >= 15 is 0 Å². The molecule has 4 nitrogen and oxygen atoms in total. The predicted octanol–water partition coefficient (Wildman–Crippen LogP) is -0.523. The summed E-state index contributed by atoms with van der Waals surface area (Å²) in [5.74, 6) is 0.104. The van der Waals surface area contributed by atoms with Crippen LogP contribution >= 0.6 is 0 Å². The molecule has 1 saturated heterocycles. The third-order valence-electron chi connectivity index (χ3n) is 1.93. The van der Waals surface area contributed by atoms with E-state index in [1.54, 1.807) is 0 Å². The van der Waals surface area contributed by atoms with E-state index in [4.69, 9.17) is 0 Å². The number of hydrogen-bond acceptors (Lipinski definition) is 2. The Morgan fingerprint density at radius 3 is 3.00 bits per heavy atom. The van der Waals surface area contributed by atoms with Gasteiger partial charge in [0.1, 0.15) is 0 Å². The molecule has 1 rings (SSSR count). The van der Waals surface area contributed by atoms with Crippen molar-refractivity contribution < 1.29 is 4.79 Å². The Labute approximate surface area is 79.5 Å². The minimum Gasteiger partial charge on any atom is -0.354 e. The van der Waals surface area contributed by atoms with Crippen LogP contribution in [0.4, 0.5) is 0 Å². The Hall–Kier alpha value is -0.610. The number of nitrogens with zero attached hydrogens (tertiary/aromatic N) is 1. The van der Waals surface area contributed by atoms with Crippen molar-refractivity contribution in [2.75, 3.05) is 19.6 Å². The first-order valence-electron chi connectivity index (χ1n) is 4.85. The molecule has 0 aromatic carbocycles. The van der Waals surface area contributed by atoms with E-state index in [-0.39, 0.29) is 18.0 Å². The Morgan fingerprint density at radius 2 is 2.46 bits per heavy atom. The quantitative estimate of drug-likeness (QED) is 0.620. The van der Waals surface area contributed by atoms with Crippen molar-refractivity contribution >= 4 is 5.91 Å². The average molecular weight is 184 g/mol. The van der Waals surface area contributed by atoms with E-state index in [1.807, 2.05) is 13.8 Å². The largest absolute Gasteiger partial charge is 0.354 e. The molecule has 0 aromatic heterocycles. The summed E-state index contributed by atoms with van der Waals surface area (Å²) >= 11 is 0. The van der Waals surface area contributed by atoms with Crippen molar-refractivity contribution in [2.24, 2.45) is 0 Å². The van der Waals surface area contributed by atoms with Gasteiger partial charge in [0.15, 0.2) is 0 Å². The van der Waals surface area contributed by atoms with Gasteiger partial charge in [-0.3, -0.25) is 4.79 Å². The molecule has 0 aliphatic carbocycles. The zero-order valence-electron chi connectivity index (χ0n) is 8.34. The molecule has 1 fully saturated rings. The van der Waals surface area contributed by atoms with Crippen LogP contribution in [-0.4, -0.2) is 37.6 Å². The zero-order valence-corrected chi connectivity index (χ0v) is 8.34. The molecule has 4 heteroatoms. The van der Waals surface area contributed by atoms with Crippen LogP contribution in [0, 0.1) is 0 Å². The summed E-state index contributed by atoms with van der Waals surface area (Å²) in [6, 6.07) is 0.400. The number of carbonyl (C=O) groups excluding carboxylic acids is 1. The van der Waals surface area contributed by atoms with Crippen LogP contribution in [0.25, 0.3) is 0 Å².